The van der Waals surface area contributed by atoms with Gasteiger partial charge in [-0.05, 0) is 122 Å². The average molecular weight is 552 g/mol. The Kier molecular flexibility index (Phi) is 8.59. The molecule has 3 aromatic rings. The Morgan fingerprint density at radius 2 is 1.35 bits per heavy atom. The van der Waals surface area contributed by atoms with Gasteiger partial charge in [-0.25, -0.2) is 22.0 Å². The summed E-state index contributed by atoms with van der Waals surface area (Å²) in [5, 5.41) is 8.90. The standard InChI is InChI=1S/C34H34F5N/c1-2-3-20-4-6-21(7-5-20)8-9-22-10-15-26-27(16-22)33(38)34(39)31(32(26)37)24-13-11-23(12-14-24)25-17-29(35)28(19-40)30(36)18-25/h4-7,17-18,22-24H,2-3,8-16H2,1H3. The highest BCUT2D eigenvalue weighted by Gasteiger charge is 2.34. The third kappa shape index (κ3) is 5.66. The lowest BCUT2D eigenvalue weighted by molar-refractivity contribution is 0.353. The van der Waals surface area contributed by atoms with Gasteiger partial charge in [0.1, 0.15) is 29.1 Å². The molecule has 1 atom stereocenters. The van der Waals surface area contributed by atoms with Crippen molar-refractivity contribution in [2.24, 2.45) is 5.92 Å². The van der Waals surface area contributed by atoms with Crippen molar-refractivity contribution in [1.29, 1.82) is 5.26 Å². The molecule has 0 spiro atoms. The van der Waals surface area contributed by atoms with Crippen molar-refractivity contribution in [2.75, 3.05) is 0 Å². The number of benzene rings is 3. The fourth-order valence-electron chi connectivity index (χ4n) is 6.77. The van der Waals surface area contributed by atoms with E-state index in [9.17, 15) is 8.78 Å². The van der Waals surface area contributed by atoms with Gasteiger partial charge in [-0.1, -0.05) is 37.6 Å². The van der Waals surface area contributed by atoms with Gasteiger partial charge in [0, 0.05) is 5.56 Å². The van der Waals surface area contributed by atoms with Crippen LogP contribution in [0.15, 0.2) is 36.4 Å². The molecule has 1 unspecified atom stereocenters. The smallest absolute Gasteiger partial charge is 0.165 e. The molecule has 0 radical (unpaired) electrons. The summed E-state index contributed by atoms with van der Waals surface area (Å²) in [6, 6.07) is 12.4. The number of rotatable bonds is 7. The van der Waals surface area contributed by atoms with Crippen LogP contribution >= 0.6 is 0 Å². The van der Waals surface area contributed by atoms with E-state index in [1.54, 1.807) is 0 Å². The minimum absolute atomic E-state index is 0.169. The van der Waals surface area contributed by atoms with E-state index in [2.05, 4.69) is 31.2 Å². The van der Waals surface area contributed by atoms with Crippen molar-refractivity contribution in [3.63, 3.8) is 0 Å². The Bertz CT molecular complexity index is 1390. The van der Waals surface area contributed by atoms with Crippen LogP contribution in [0.25, 0.3) is 0 Å². The number of nitrogens with zero attached hydrogens (tertiary/aromatic N) is 1. The van der Waals surface area contributed by atoms with E-state index in [0.29, 0.717) is 49.7 Å². The van der Waals surface area contributed by atoms with Gasteiger partial charge in [0.25, 0.3) is 0 Å². The van der Waals surface area contributed by atoms with Crippen LogP contribution in [-0.2, 0) is 25.7 Å². The van der Waals surface area contributed by atoms with Crippen molar-refractivity contribution in [3.05, 3.63) is 104 Å². The molecular formula is C34H34F5N. The van der Waals surface area contributed by atoms with Crippen LogP contribution in [0.5, 0.6) is 0 Å². The van der Waals surface area contributed by atoms with Crippen LogP contribution < -0.4 is 0 Å². The van der Waals surface area contributed by atoms with E-state index in [1.807, 2.05) is 0 Å². The minimum atomic E-state index is -1.08. The van der Waals surface area contributed by atoms with Crippen molar-refractivity contribution >= 4 is 0 Å². The SMILES string of the molecule is CCCc1ccc(CCC2CCc3c(F)c(C4CCC(c5cc(F)c(C#N)c(F)c5)CC4)c(F)c(F)c3C2)cc1. The van der Waals surface area contributed by atoms with E-state index in [4.69, 9.17) is 5.26 Å². The zero-order valence-electron chi connectivity index (χ0n) is 22.8. The van der Waals surface area contributed by atoms with Crippen LogP contribution in [-0.4, -0.2) is 0 Å². The lowest BCUT2D eigenvalue weighted by Gasteiger charge is -2.32. The number of nitriles is 1. The van der Waals surface area contributed by atoms with Gasteiger partial charge in [0.2, 0.25) is 0 Å². The molecule has 1 nitrogen and oxygen atoms in total. The Balaban J connectivity index is 1.26. The maximum atomic E-state index is 15.7. The molecule has 2 aliphatic carbocycles. The van der Waals surface area contributed by atoms with Crippen LogP contribution in [0.2, 0.25) is 0 Å². The fraction of sp³-hybridized carbons (Fsp3) is 0.441. The molecule has 3 aromatic carbocycles. The van der Waals surface area contributed by atoms with Gasteiger partial charge in [0.05, 0.1) is 0 Å². The molecule has 0 heterocycles. The van der Waals surface area contributed by atoms with E-state index in [-0.39, 0.29) is 23.0 Å². The number of halogens is 5. The zero-order chi connectivity index (χ0) is 28.4. The molecule has 2 aliphatic rings. The molecular weight excluding hydrogens is 517 g/mol. The van der Waals surface area contributed by atoms with Gasteiger partial charge < -0.3 is 0 Å². The molecule has 0 amide bonds. The second-order valence-corrected chi connectivity index (χ2v) is 11.5. The summed E-state index contributed by atoms with van der Waals surface area (Å²) >= 11 is 0. The summed E-state index contributed by atoms with van der Waals surface area (Å²) < 4.78 is 74.7. The molecule has 5 rings (SSSR count). The maximum absolute atomic E-state index is 15.7. The summed E-state index contributed by atoms with van der Waals surface area (Å²) in [5.74, 6) is -4.93. The van der Waals surface area contributed by atoms with Crippen LogP contribution in [0.1, 0.15) is 103 Å². The third-order valence-corrected chi connectivity index (χ3v) is 9.04. The molecule has 0 saturated heterocycles. The highest BCUT2D eigenvalue weighted by atomic mass is 19.2. The second kappa shape index (κ2) is 12.1. The summed E-state index contributed by atoms with van der Waals surface area (Å²) in [5.41, 5.74) is 2.69. The first-order valence-electron chi connectivity index (χ1n) is 14.5. The van der Waals surface area contributed by atoms with E-state index < -0.39 is 40.6 Å². The molecule has 210 valence electrons. The normalized spacial score (nSPS) is 20.7. The first kappa shape index (κ1) is 28.3. The molecule has 1 saturated carbocycles. The molecule has 40 heavy (non-hydrogen) atoms. The number of aryl methyl sites for hydroxylation is 2. The van der Waals surface area contributed by atoms with E-state index in [1.165, 1.54) is 29.3 Å². The summed E-state index contributed by atoms with van der Waals surface area (Å²) in [6.45, 7) is 2.15. The lowest BCUT2D eigenvalue weighted by atomic mass is 9.73. The molecule has 0 bridgehead atoms. The molecule has 1 fully saturated rings. The van der Waals surface area contributed by atoms with Crippen LogP contribution in [0.3, 0.4) is 0 Å². The third-order valence-electron chi connectivity index (χ3n) is 9.04. The van der Waals surface area contributed by atoms with Gasteiger partial charge in [-0.2, -0.15) is 5.26 Å². The Hall–Kier alpha value is -3.20. The van der Waals surface area contributed by atoms with Crippen molar-refractivity contribution in [1.82, 2.24) is 0 Å². The number of fused-ring (bicyclic) bond motifs is 1. The maximum Gasteiger partial charge on any atom is 0.165 e. The Morgan fingerprint density at radius 1 is 0.750 bits per heavy atom. The Morgan fingerprint density at radius 3 is 1.95 bits per heavy atom. The second-order valence-electron chi connectivity index (χ2n) is 11.5. The van der Waals surface area contributed by atoms with Gasteiger partial charge >= 0.3 is 0 Å². The largest absolute Gasteiger partial charge is 0.206 e. The zero-order valence-corrected chi connectivity index (χ0v) is 22.8. The van der Waals surface area contributed by atoms with Gasteiger partial charge in [0.15, 0.2) is 11.6 Å². The lowest BCUT2D eigenvalue weighted by Crippen LogP contribution is -2.22. The molecule has 0 aliphatic heterocycles. The molecule has 0 N–H and O–H groups in total. The highest BCUT2D eigenvalue weighted by Crippen LogP contribution is 2.45. The first-order chi connectivity index (χ1) is 19.3. The van der Waals surface area contributed by atoms with Gasteiger partial charge in [-0.15, -0.1) is 0 Å². The molecule has 0 aromatic heterocycles. The Labute approximate surface area is 233 Å². The van der Waals surface area contributed by atoms with Crippen molar-refractivity contribution < 1.29 is 22.0 Å². The van der Waals surface area contributed by atoms with E-state index >= 15 is 13.2 Å². The summed E-state index contributed by atoms with van der Waals surface area (Å²) in [4.78, 5) is 0. The van der Waals surface area contributed by atoms with E-state index in [0.717, 1.165) is 32.1 Å². The predicted molar refractivity (Wildman–Crippen MR) is 146 cm³/mol. The van der Waals surface area contributed by atoms with Crippen LogP contribution in [0.4, 0.5) is 22.0 Å². The minimum Gasteiger partial charge on any atom is -0.206 e. The number of hydrogen-bond acceptors (Lipinski definition) is 1. The first-order valence-corrected chi connectivity index (χ1v) is 14.5. The summed E-state index contributed by atoms with van der Waals surface area (Å²) in [6.07, 6.45) is 7.04. The average Bonchev–Trinajstić information content (AvgIpc) is 2.96. The van der Waals surface area contributed by atoms with Crippen LogP contribution in [0, 0.1) is 46.3 Å². The quantitative estimate of drug-likeness (QED) is 0.212. The predicted octanol–water partition coefficient (Wildman–Crippen LogP) is 9.39. The number of hydrogen-bond donors (Lipinski definition) is 0. The fourth-order valence-corrected chi connectivity index (χ4v) is 6.77. The van der Waals surface area contributed by atoms with Gasteiger partial charge in [-0.3, -0.25) is 0 Å². The topological polar surface area (TPSA) is 23.8 Å². The monoisotopic (exact) mass is 551 g/mol. The molecule has 6 heteroatoms. The van der Waals surface area contributed by atoms with Crippen molar-refractivity contribution in [2.45, 2.75) is 89.4 Å². The summed E-state index contributed by atoms with van der Waals surface area (Å²) in [7, 11) is 0. The van der Waals surface area contributed by atoms with Crippen molar-refractivity contribution in [3.8, 4) is 6.07 Å². The highest BCUT2D eigenvalue weighted by molar-refractivity contribution is 5.41.